The zero-order valence-corrected chi connectivity index (χ0v) is 16.1. The Balaban J connectivity index is 1.74. The molecule has 0 unspecified atom stereocenters. The van der Waals surface area contributed by atoms with Gasteiger partial charge < -0.3 is 4.74 Å². The van der Waals surface area contributed by atoms with Gasteiger partial charge in [-0.15, -0.1) is 0 Å². The molecule has 0 radical (unpaired) electrons. The average Bonchev–Trinajstić information content (AvgIpc) is 3.35. The maximum Gasteiger partial charge on any atom is 0.387 e. The third-order valence-electron chi connectivity index (χ3n) is 4.84. The second kappa shape index (κ2) is 7.14. The number of halogens is 2. The minimum absolute atomic E-state index is 0.0885. The first-order valence-corrected chi connectivity index (χ1v) is 9.18. The van der Waals surface area contributed by atoms with Crippen molar-refractivity contribution >= 4 is 16.6 Å². The average molecular weight is 417 g/mol. The highest BCUT2D eigenvalue weighted by atomic mass is 19.3. The largest absolute Gasteiger partial charge is 0.433 e. The molecule has 152 valence electrons. The highest BCUT2D eigenvalue weighted by Crippen LogP contribution is 2.32. The molecule has 5 aromatic rings. The van der Waals surface area contributed by atoms with E-state index in [1.807, 2.05) is 6.07 Å². The topological polar surface area (TPSA) is 93.9 Å². The van der Waals surface area contributed by atoms with Gasteiger partial charge in [0.1, 0.15) is 5.69 Å². The second-order valence-electron chi connectivity index (χ2n) is 6.70. The second-order valence-corrected chi connectivity index (χ2v) is 6.70. The van der Waals surface area contributed by atoms with Gasteiger partial charge >= 0.3 is 6.61 Å². The Labute approximate surface area is 174 Å². The van der Waals surface area contributed by atoms with Crippen LogP contribution < -0.4 is 4.74 Å². The van der Waals surface area contributed by atoms with Crippen molar-refractivity contribution in [3.8, 4) is 28.8 Å². The molecule has 0 aliphatic rings. The van der Waals surface area contributed by atoms with Gasteiger partial charge in [0.25, 0.3) is 0 Å². The summed E-state index contributed by atoms with van der Waals surface area (Å²) in [5, 5.41) is 18.8. The van der Waals surface area contributed by atoms with Crippen molar-refractivity contribution < 1.29 is 13.5 Å². The molecule has 5 rings (SSSR count). The minimum atomic E-state index is -3.02. The summed E-state index contributed by atoms with van der Waals surface area (Å²) in [5.74, 6) is -0.0885. The van der Waals surface area contributed by atoms with Crippen LogP contribution in [-0.2, 0) is 0 Å². The van der Waals surface area contributed by atoms with Crippen molar-refractivity contribution in [1.29, 1.82) is 5.26 Å². The molecule has 0 saturated carbocycles. The van der Waals surface area contributed by atoms with Gasteiger partial charge in [-0.05, 0) is 37.3 Å². The standard InChI is InChI=1S/C21H13F2N7O/c1-12-14-10-26-16(15-11-27-29-6-2-5-25-20(15)29)8-17(14)30(28-12)18-7-13(9-24)3-4-19(18)31-21(22)23/h2-8,10-11,21H,1H3. The predicted molar refractivity (Wildman–Crippen MR) is 107 cm³/mol. The van der Waals surface area contributed by atoms with Crippen molar-refractivity contribution in [2.45, 2.75) is 13.5 Å². The van der Waals surface area contributed by atoms with Crippen LogP contribution in [0.4, 0.5) is 8.78 Å². The molecule has 0 bridgehead atoms. The van der Waals surface area contributed by atoms with E-state index < -0.39 is 6.61 Å². The van der Waals surface area contributed by atoms with E-state index in [9.17, 15) is 14.0 Å². The van der Waals surface area contributed by atoms with Crippen LogP contribution in [0.1, 0.15) is 11.3 Å². The van der Waals surface area contributed by atoms with Gasteiger partial charge in [0.05, 0.1) is 40.3 Å². The quantitative estimate of drug-likeness (QED) is 0.440. The van der Waals surface area contributed by atoms with E-state index in [1.54, 1.807) is 48.4 Å². The molecule has 0 aliphatic carbocycles. The van der Waals surface area contributed by atoms with E-state index in [1.165, 1.54) is 22.9 Å². The van der Waals surface area contributed by atoms with Crippen LogP contribution in [0.3, 0.4) is 0 Å². The summed E-state index contributed by atoms with van der Waals surface area (Å²) in [4.78, 5) is 8.87. The molecule has 4 heterocycles. The molecule has 0 amide bonds. The number of benzene rings is 1. The lowest BCUT2D eigenvalue weighted by Gasteiger charge is -2.12. The Morgan fingerprint density at radius 2 is 2.03 bits per heavy atom. The van der Waals surface area contributed by atoms with Gasteiger partial charge in [-0.2, -0.15) is 24.2 Å². The maximum absolute atomic E-state index is 13.0. The normalized spacial score (nSPS) is 11.3. The first-order valence-electron chi connectivity index (χ1n) is 9.18. The molecule has 0 saturated heterocycles. The molecule has 0 N–H and O–H groups in total. The summed E-state index contributed by atoms with van der Waals surface area (Å²) in [6.45, 7) is -1.23. The number of pyridine rings is 1. The summed E-state index contributed by atoms with van der Waals surface area (Å²) >= 11 is 0. The molecule has 31 heavy (non-hydrogen) atoms. The Kier molecular flexibility index (Phi) is 4.29. The lowest BCUT2D eigenvalue weighted by atomic mass is 10.1. The highest BCUT2D eigenvalue weighted by Gasteiger charge is 2.18. The van der Waals surface area contributed by atoms with Crippen LogP contribution >= 0.6 is 0 Å². The van der Waals surface area contributed by atoms with Gasteiger partial charge in [-0.25, -0.2) is 14.2 Å². The molecular weight excluding hydrogens is 404 g/mol. The first kappa shape index (κ1) is 18.6. The van der Waals surface area contributed by atoms with Crippen molar-refractivity contribution in [3.63, 3.8) is 0 Å². The molecule has 8 nitrogen and oxygen atoms in total. The van der Waals surface area contributed by atoms with Gasteiger partial charge in [0.2, 0.25) is 0 Å². The third-order valence-corrected chi connectivity index (χ3v) is 4.84. The Morgan fingerprint density at radius 1 is 1.16 bits per heavy atom. The molecule has 4 aromatic heterocycles. The minimum Gasteiger partial charge on any atom is -0.433 e. The first-order chi connectivity index (χ1) is 15.0. The van der Waals surface area contributed by atoms with Gasteiger partial charge in [0.15, 0.2) is 11.4 Å². The Hall–Kier alpha value is -4.39. The molecule has 0 fully saturated rings. The number of ether oxygens (including phenoxy) is 1. The van der Waals surface area contributed by atoms with Crippen LogP contribution in [0, 0.1) is 18.3 Å². The Bertz CT molecular complexity index is 1480. The zero-order chi connectivity index (χ0) is 21.5. The van der Waals surface area contributed by atoms with E-state index in [-0.39, 0.29) is 11.4 Å². The lowest BCUT2D eigenvalue weighted by molar-refractivity contribution is -0.0498. The summed E-state index contributed by atoms with van der Waals surface area (Å²) in [6.07, 6.45) is 6.76. The summed E-state index contributed by atoms with van der Waals surface area (Å²) in [5.41, 5.74) is 3.72. The van der Waals surface area contributed by atoms with Crippen LogP contribution in [0.25, 0.3) is 33.5 Å². The van der Waals surface area contributed by atoms with E-state index in [0.717, 1.165) is 5.39 Å². The number of alkyl halides is 2. The van der Waals surface area contributed by atoms with Gasteiger partial charge in [0, 0.05) is 24.0 Å². The SMILES string of the molecule is Cc1nn(-c2cc(C#N)ccc2OC(F)F)c2cc(-c3cnn4cccnc34)ncc12. The van der Waals surface area contributed by atoms with Gasteiger partial charge in [-0.3, -0.25) is 4.98 Å². The van der Waals surface area contributed by atoms with E-state index >= 15 is 0 Å². The Morgan fingerprint density at radius 3 is 2.84 bits per heavy atom. The fraction of sp³-hybridized carbons (Fsp3) is 0.0952. The maximum atomic E-state index is 13.0. The molecule has 0 aliphatic heterocycles. The number of aryl methyl sites for hydroxylation is 1. The van der Waals surface area contributed by atoms with E-state index in [4.69, 9.17) is 0 Å². The number of hydrogen-bond acceptors (Lipinski definition) is 6. The summed E-state index contributed by atoms with van der Waals surface area (Å²) in [6, 6.07) is 9.77. The fourth-order valence-corrected chi connectivity index (χ4v) is 3.44. The number of nitrogens with zero attached hydrogens (tertiary/aromatic N) is 7. The van der Waals surface area contributed by atoms with E-state index in [0.29, 0.717) is 33.7 Å². The van der Waals surface area contributed by atoms with Gasteiger partial charge in [-0.1, -0.05) is 0 Å². The zero-order valence-electron chi connectivity index (χ0n) is 16.1. The number of rotatable bonds is 4. The number of aromatic nitrogens is 6. The molecule has 0 atom stereocenters. The highest BCUT2D eigenvalue weighted by molar-refractivity contribution is 5.88. The smallest absolute Gasteiger partial charge is 0.387 e. The van der Waals surface area contributed by atoms with E-state index in [2.05, 4.69) is 24.9 Å². The van der Waals surface area contributed by atoms with Crippen molar-refractivity contribution in [2.75, 3.05) is 0 Å². The molecule has 0 spiro atoms. The predicted octanol–water partition coefficient (Wildman–Crippen LogP) is 3.91. The fourth-order valence-electron chi connectivity index (χ4n) is 3.44. The number of nitriles is 1. The summed E-state index contributed by atoms with van der Waals surface area (Å²) in [7, 11) is 0. The van der Waals surface area contributed by atoms with Crippen LogP contribution in [0.15, 0.2) is 55.1 Å². The monoisotopic (exact) mass is 417 g/mol. The lowest BCUT2D eigenvalue weighted by Crippen LogP contribution is -2.07. The number of fused-ring (bicyclic) bond motifs is 2. The molecular formula is C21H13F2N7O. The van der Waals surface area contributed by atoms with Crippen molar-refractivity contribution in [2.24, 2.45) is 0 Å². The molecule has 10 heteroatoms. The van der Waals surface area contributed by atoms with Crippen LogP contribution in [0.2, 0.25) is 0 Å². The van der Waals surface area contributed by atoms with Crippen molar-refractivity contribution in [1.82, 2.24) is 29.4 Å². The van der Waals surface area contributed by atoms with Crippen molar-refractivity contribution in [3.05, 3.63) is 66.4 Å². The third kappa shape index (κ3) is 3.12. The summed E-state index contributed by atoms with van der Waals surface area (Å²) < 4.78 is 33.7. The number of hydrogen-bond donors (Lipinski definition) is 0. The molecule has 1 aromatic carbocycles. The van der Waals surface area contributed by atoms with Crippen LogP contribution in [0.5, 0.6) is 5.75 Å². The van der Waals surface area contributed by atoms with Crippen LogP contribution in [-0.4, -0.2) is 36.0 Å².